The first kappa shape index (κ1) is 9.44. The number of hydrogen-bond donors (Lipinski definition) is 2. The predicted octanol–water partition coefficient (Wildman–Crippen LogP) is 0.830. The summed E-state index contributed by atoms with van der Waals surface area (Å²) in [4.78, 5) is 0. The molecule has 0 spiro atoms. The van der Waals surface area contributed by atoms with E-state index in [-0.39, 0.29) is 0 Å². The second-order valence-corrected chi connectivity index (χ2v) is 5.19. The van der Waals surface area contributed by atoms with E-state index in [0.29, 0.717) is 6.42 Å². The van der Waals surface area contributed by atoms with Gasteiger partial charge in [0.25, 0.3) is 0 Å². The zero-order valence-electron chi connectivity index (χ0n) is 8.50. The molecule has 3 heteroatoms. The van der Waals surface area contributed by atoms with Crippen molar-refractivity contribution in [2.24, 2.45) is 0 Å². The Bertz CT molecular complexity index is 233. The van der Waals surface area contributed by atoms with Gasteiger partial charge in [0.15, 0.2) is 0 Å². The molecule has 0 saturated carbocycles. The summed E-state index contributed by atoms with van der Waals surface area (Å²) in [5.74, 6) is 0. The Morgan fingerprint density at radius 2 is 2.00 bits per heavy atom. The van der Waals surface area contributed by atoms with E-state index in [1.54, 1.807) is 13.8 Å². The van der Waals surface area contributed by atoms with Gasteiger partial charge in [-0.3, -0.25) is 0 Å². The van der Waals surface area contributed by atoms with Crippen LogP contribution in [0.4, 0.5) is 0 Å². The number of aliphatic hydroxyl groups is 2. The number of aliphatic hydroxyl groups excluding tert-OH is 1. The van der Waals surface area contributed by atoms with E-state index in [4.69, 9.17) is 4.74 Å². The fraction of sp³-hybridized carbons (Fsp3) is 1.00. The van der Waals surface area contributed by atoms with Gasteiger partial charge < -0.3 is 14.9 Å². The molecule has 0 unspecified atom stereocenters. The van der Waals surface area contributed by atoms with Gasteiger partial charge in [-0.2, -0.15) is 0 Å². The highest BCUT2D eigenvalue weighted by Crippen LogP contribution is 2.54. The Labute approximate surface area is 78.7 Å². The fourth-order valence-corrected chi connectivity index (χ4v) is 2.59. The molecule has 0 radical (unpaired) electrons. The molecule has 0 amide bonds. The summed E-state index contributed by atoms with van der Waals surface area (Å²) in [6.45, 7) is 5.45. The summed E-state index contributed by atoms with van der Waals surface area (Å²) in [5.41, 5.74) is -1.79. The molecule has 2 heterocycles. The predicted molar refractivity (Wildman–Crippen MR) is 48.4 cm³/mol. The largest absolute Gasteiger partial charge is 0.390 e. The number of hydrogen-bond acceptors (Lipinski definition) is 3. The first-order chi connectivity index (χ1) is 5.79. The summed E-state index contributed by atoms with van der Waals surface area (Å²) < 4.78 is 5.82. The van der Waals surface area contributed by atoms with Crippen molar-refractivity contribution in [3.8, 4) is 0 Å². The Morgan fingerprint density at radius 3 is 2.23 bits per heavy atom. The van der Waals surface area contributed by atoms with Crippen LogP contribution >= 0.6 is 0 Å². The maximum atomic E-state index is 9.99. The third-order valence-electron chi connectivity index (χ3n) is 3.80. The van der Waals surface area contributed by atoms with E-state index in [1.165, 1.54) is 0 Å². The number of ether oxygens (including phenoxy) is 1. The second kappa shape index (κ2) is 2.27. The second-order valence-electron chi connectivity index (χ2n) is 5.19. The summed E-state index contributed by atoms with van der Waals surface area (Å²) in [6.07, 6.45) is 1.84. The topological polar surface area (TPSA) is 49.7 Å². The van der Waals surface area contributed by atoms with Gasteiger partial charge in [-0.05, 0) is 33.6 Å². The fourth-order valence-electron chi connectivity index (χ4n) is 2.59. The Hall–Kier alpha value is -0.120. The molecule has 76 valence electrons. The van der Waals surface area contributed by atoms with Gasteiger partial charge in [0.05, 0.1) is 22.9 Å². The van der Waals surface area contributed by atoms with E-state index >= 15 is 0 Å². The molecule has 2 rings (SSSR count). The standard InChI is InChI=1S/C10H18O3/c1-8(2,12)10-5-4-9(3,13-10)7(11)6-10/h7,11-12H,4-6H2,1-3H3/t7-,9+,10-/m0/s1. The lowest BCUT2D eigenvalue weighted by Crippen LogP contribution is -2.48. The van der Waals surface area contributed by atoms with E-state index in [1.807, 2.05) is 6.92 Å². The minimum atomic E-state index is -0.859. The Kier molecular flexibility index (Phi) is 1.65. The van der Waals surface area contributed by atoms with Crippen molar-refractivity contribution in [2.75, 3.05) is 0 Å². The third kappa shape index (κ3) is 1.07. The highest BCUT2D eigenvalue weighted by molar-refractivity contribution is 5.13. The lowest BCUT2D eigenvalue weighted by molar-refractivity contribution is -0.151. The zero-order chi connectivity index (χ0) is 9.91. The Morgan fingerprint density at radius 1 is 1.38 bits per heavy atom. The van der Waals surface area contributed by atoms with Crippen molar-refractivity contribution in [1.29, 1.82) is 0 Å². The molecule has 3 atom stereocenters. The average Bonchev–Trinajstić information content (AvgIpc) is 2.39. The van der Waals surface area contributed by atoms with Crippen LogP contribution in [-0.2, 0) is 4.74 Å². The van der Waals surface area contributed by atoms with Crippen molar-refractivity contribution in [3.63, 3.8) is 0 Å². The molecule has 13 heavy (non-hydrogen) atoms. The lowest BCUT2D eigenvalue weighted by Gasteiger charge is -2.37. The highest BCUT2D eigenvalue weighted by Gasteiger charge is 2.63. The zero-order valence-corrected chi connectivity index (χ0v) is 8.50. The van der Waals surface area contributed by atoms with Gasteiger partial charge in [-0.1, -0.05) is 0 Å². The van der Waals surface area contributed by atoms with E-state index in [2.05, 4.69) is 0 Å². The summed E-state index contributed by atoms with van der Waals surface area (Å²) >= 11 is 0. The maximum Gasteiger partial charge on any atom is 0.0998 e. The van der Waals surface area contributed by atoms with Crippen LogP contribution in [0.1, 0.15) is 40.0 Å². The first-order valence-corrected chi connectivity index (χ1v) is 4.90. The molecule has 2 aliphatic heterocycles. The molecule has 0 aromatic carbocycles. The van der Waals surface area contributed by atoms with Crippen molar-refractivity contribution in [1.82, 2.24) is 0 Å². The summed E-state index contributed by atoms with van der Waals surface area (Å²) in [5, 5.41) is 19.8. The lowest BCUT2D eigenvalue weighted by atomic mass is 9.73. The van der Waals surface area contributed by atoms with Crippen LogP contribution < -0.4 is 0 Å². The molecular weight excluding hydrogens is 168 g/mol. The van der Waals surface area contributed by atoms with Crippen molar-refractivity contribution in [2.45, 2.75) is 62.9 Å². The van der Waals surface area contributed by atoms with Crippen molar-refractivity contribution < 1.29 is 14.9 Å². The van der Waals surface area contributed by atoms with Gasteiger partial charge >= 0.3 is 0 Å². The molecule has 2 aliphatic rings. The van der Waals surface area contributed by atoms with Crippen LogP contribution in [0, 0.1) is 0 Å². The van der Waals surface area contributed by atoms with E-state index < -0.39 is 22.9 Å². The van der Waals surface area contributed by atoms with Gasteiger partial charge in [0.2, 0.25) is 0 Å². The SMILES string of the molecule is CC(C)(O)[C@@]12CC[C@@](C)(O1)[C@@H](O)C2. The molecular formula is C10H18O3. The van der Waals surface area contributed by atoms with Crippen LogP contribution in [-0.4, -0.2) is 33.1 Å². The van der Waals surface area contributed by atoms with Crippen molar-refractivity contribution in [3.05, 3.63) is 0 Å². The Balaban J connectivity index is 2.31. The van der Waals surface area contributed by atoms with Crippen LogP contribution in [0.3, 0.4) is 0 Å². The normalized spacial score (nSPS) is 50.1. The first-order valence-electron chi connectivity index (χ1n) is 4.90. The van der Waals surface area contributed by atoms with Crippen LogP contribution in [0.5, 0.6) is 0 Å². The van der Waals surface area contributed by atoms with Gasteiger partial charge in [-0.15, -0.1) is 0 Å². The minimum absolute atomic E-state index is 0.417. The quantitative estimate of drug-likeness (QED) is 0.637. The molecule has 3 nitrogen and oxygen atoms in total. The molecule has 0 aromatic heterocycles. The molecule has 2 bridgehead atoms. The number of rotatable bonds is 1. The third-order valence-corrected chi connectivity index (χ3v) is 3.80. The minimum Gasteiger partial charge on any atom is -0.390 e. The van der Waals surface area contributed by atoms with Gasteiger partial charge in [0, 0.05) is 6.42 Å². The van der Waals surface area contributed by atoms with Crippen molar-refractivity contribution >= 4 is 0 Å². The molecule has 2 saturated heterocycles. The summed E-state index contributed by atoms with van der Waals surface area (Å²) in [7, 11) is 0. The molecule has 2 fully saturated rings. The molecule has 0 aromatic rings. The average molecular weight is 186 g/mol. The molecule has 2 N–H and O–H groups in total. The van der Waals surface area contributed by atoms with E-state index in [9.17, 15) is 10.2 Å². The van der Waals surface area contributed by atoms with Crippen LogP contribution in [0.25, 0.3) is 0 Å². The highest BCUT2D eigenvalue weighted by atomic mass is 16.6. The van der Waals surface area contributed by atoms with E-state index in [0.717, 1.165) is 12.8 Å². The smallest absolute Gasteiger partial charge is 0.0998 e. The van der Waals surface area contributed by atoms with Gasteiger partial charge in [0.1, 0.15) is 0 Å². The van der Waals surface area contributed by atoms with Gasteiger partial charge in [-0.25, -0.2) is 0 Å². The van der Waals surface area contributed by atoms with Crippen LogP contribution in [0.15, 0.2) is 0 Å². The van der Waals surface area contributed by atoms with Crippen LogP contribution in [0.2, 0.25) is 0 Å². The maximum absolute atomic E-state index is 9.99. The molecule has 0 aliphatic carbocycles. The monoisotopic (exact) mass is 186 g/mol. The summed E-state index contributed by atoms with van der Waals surface area (Å²) in [6, 6.07) is 0. The number of fused-ring (bicyclic) bond motifs is 2.